The highest BCUT2D eigenvalue weighted by Crippen LogP contribution is 2.41. The second-order valence-electron chi connectivity index (χ2n) is 13.7. The molecule has 1 aliphatic carbocycles. The summed E-state index contributed by atoms with van der Waals surface area (Å²) < 4.78 is 20.3. The van der Waals surface area contributed by atoms with Crippen molar-refractivity contribution in [2.45, 2.75) is 83.2 Å². The normalized spacial score (nSPS) is 18.2. The van der Waals surface area contributed by atoms with Gasteiger partial charge >= 0.3 is 6.03 Å². The second-order valence-corrected chi connectivity index (χ2v) is 14.1. The molecule has 1 saturated carbocycles. The van der Waals surface area contributed by atoms with Gasteiger partial charge in [0.05, 0.1) is 34.1 Å². The van der Waals surface area contributed by atoms with Crippen molar-refractivity contribution in [2.75, 3.05) is 33.4 Å². The minimum absolute atomic E-state index is 0.0178. The number of amides is 4. The molecule has 1 saturated heterocycles. The molecule has 10 nitrogen and oxygen atoms in total. The molecule has 4 amide bonds. The SMILES string of the molecule is CCNC(=O)C(NC(=O)C(C)(COC)c1ccc2nc(C(NC(=O)N3CCCC3)C(c3cccc(F)c3Cl)C(C)C)[nH]c2c1)C1CCC1. The molecule has 0 radical (unpaired) electrons. The van der Waals surface area contributed by atoms with E-state index in [0.29, 0.717) is 47.6 Å². The number of H-pyrrole nitrogens is 1. The van der Waals surface area contributed by atoms with E-state index in [9.17, 15) is 18.8 Å². The van der Waals surface area contributed by atoms with Gasteiger partial charge in [-0.3, -0.25) is 9.59 Å². The van der Waals surface area contributed by atoms with Crippen LogP contribution in [-0.2, 0) is 19.7 Å². The summed E-state index contributed by atoms with van der Waals surface area (Å²) in [5, 5.41) is 9.14. The average molecular weight is 683 g/mol. The number of carbonyl (C=O) groups excluding carboxylic acids is 3. The number of nitrogens with one attached hydrogen (secondary N) is 4. The highest BCUT2D eigenvalue weighted by Gasteiger charge is 2.41. The van der Waals surface area contributed by atoms with Gasteiger partial charge < -0.3 is 30.6 Å². The van der Waals surface area contributed by atoms with E-state index in [2.05, 4.69) is 20.9 Å². The Morgan fingerprint density at radius 2 is 1.85 bits per heavy atom. The minimum Gasteiger partial charge on any atom is -0.383 e. The fourth-order valence-corrected chi connectivity index (χ4v) is 7.27. The first-order chi connectivity index (χ1) is 23.0. The zero-order valence-electron chi connectivity index (χ0n) is 28.5. The first-order valence-electron chi connectivity index (χ1n) is 17.1. The van der Waals surface area contributed by atoms with Crippen molar-refractivity contribution in [2.24, 2.45) is 11.8 Å². The van der Waals surface area contributed by atoms with Crippen molar-refractivity contribution in [3.8, 4) is 0 Å². The number of imidazole rings is 1. The van der Waals surface area contributed by atoms with Gasteiger partial charge in [-0.15, -0.1) is 0 Å². The van der Waals surface area contributed by atoms with Crippen LogP contribution < -0.4 is 16.0 Å². The van der Waals surface area contributed by atoms with Gasteiger partial charge in [0.15, 0.2) is 0 Å². The second kappa shape index (κ2) is 15.2. The summed E-state index contributed by atoms with van der Waals surface area (Å²) in [5.74, 6) is -0.889. The van der Waals surface area contributed by atoms with Gasteiger partial charge in [0, 0.05) is 32.7 Å². The Kier molecular flexibility index (Phi) is 11.3. The van der Waals surface area contributed by atoms with E-state index in [1.165, 1.54) is 6.07 Å². The van der Waals surface area contributed by atoms with E-state index in [4.69, 9.17) is 21.3 Å². The van der Waals surface area contributed by atoms with Crippen molar-refractivity contribution in [1.82, 2.24) is 30.8 Å². The number of urea groups is 1. The Bertz CT molecular complexity index is 1620. The van der Waals surface area contributed by atoms with Crippen LogP contribution >= 0.6 is 11.6 Å². The first kappa shape index (κ1) is 35.6. The molecule has 0 spiro atoms. The van der Waals surface area contributed by atoms with Crippen LogP contribution in [0.15, 0.2) is 36.4 Å². The molecule has 4 N–H and O–H groups in total. The third-order valence-electron chi connectivity index (χ3n) is 10.00. The molecule has 4 atom stereocenters. The monoisotopic (exact) mass is 682 g/mol. The van der Waals surface area contributed by atoms with Crippen LogP contribution in [0.4, 0.5) is 9.18 Å². The molecule has 0 bridgehead atoms. The molecular formula is C36H48ClFN6O4. The molecule has 4 unspecified atom stereocenters. The van der Waals surface area contributed by atoms with Crippen molar-refractivity contribution >= 4 is 40.5 Å². The molecule has 2 fully saturated rings. The summed E-state index contributed by atoms with van der Waals surface area (Å²) in [6.45, 7) is 9.57. The van der Waals surface area contributed by atoms with Crippen LogP contribution in [0.3, 0.4) is 0 Å². The highest BCUT2D eigenvalue weighted by molar-refractivity contribution is 6.31. The van der Waals surface area contributed by atoms with Gasteiger partial charge in [-0.05, 0) is 80.7 Å². The Labute approximate surface area is 286 Å². The first-order valence-corrected chi connectivity index (χ1v) is 17.4. The van der Waals surface area contributed by atoms with Gasteiger partial charge in [0.2, 0.25) is 11.8 Å². The quantitative estimate of drug-likeness (QED) is 0.177. The van der Waals surface area contributed by atoms with E-state index in [1.54, 1.807) is 31.1 Å². The predicted octanol–water partition coefficient (Wildman–Crippen LogP) is 5.97. The van der Waals surface area contributed by atoms with Gasteiger partial charge in [-0.1, -0.05) is 50.1 Å². The van der Waals surface area contributed by atoms with E-state index < -0.39 is 29.2 Å². The Hall–Kier alpha value is -3.70. The Balaban J connectivity index is 1.52. The Morgan fingerprint density at radius 3 is 2.48 bits per heavy atom. The Morgan fingerprint density at radius 1 is 1.12 bits per heavy atom. The lowest BCUT2D eigenvalue weighted by Gasteiger charge is -2.36. The maximum absolute atomic E-state index is 14.7. The van der Waals surface area contributed by atoms with Crippen LogP contribution in [0.1, 0.15) is 88.7 Å². The summed E-state index contributed by atoms with van der Waals surface area (Å²) in [6.07, 6.45) is 4.69. The van der Waals surface area contributed by atoms with Crippen LogP contribution in [0.25, 0.3) is 11.0 Å². The van der Waals surface area contributed by atoms with Crippen LogP contribution in [0.5, 0.6) is 0 Å². The molecule has 260 valence electrons. The maximum Gasteiger partial charge on any atom is 0.318 e. The number of hydrogen-bond acceptors (Lipinski definition) is 5. The van der Waals surface area contributed by atoms with Crippen LogP contribution in [0.2, 0.25) is 5.02 Å². The number of methoxy groups -OCH3 is 1. The smallest absolute Gasteiger partial charge is 0.318 e. The van der Waals surface area contributed by atoms with Crippen molar-refractivity contribution in [1.29, 1.82) is 0 Å². The molecular weight excluding hydrogens is 635 g/mol. The fraction of sp³-hybridized carbons (Fsp3) is 0.556. The third-order valence-corrected chi connectivity index (χ3v) is 10.4. The molecule has 12 heteroatoms. The number of aromatic amines is 1. The largest absolute Gasteiger partial charge is 0.383 e. The number of hydrogen-bond donors (Lipinski definition) is 4. The number of halogens is 2. The van der Waals surface area contributed by atoms with Crippen molar-refractivity contribution in [3.05, 3.63) is 64.2 Å². The lowest BCUT2D eigenvalue weighted by atomic mass is 9.77. The summed E-state index contributed by atoms with van der Waals surface area (Å²) in [6, 6.07) is 8.78. The van der Waals surface area contributed by atoms with Gasteiger partial charge in [-0.25, -0.2) is 14.2 Å². The zero-order valence-corrected chi connectivity index (χ0v) is 29.3. The number of rotatable bonds is 13. The number of ether oxygens (including phenoxy) is 1. The minimum atomic E-state index is -1.12. The van der Waals surface area contributed by atoms with Crippen molar-refractivity contribution in [3.63, 3.8) is 0 Å². The lowest BCUT2D eigenvalue weighted by Crippen LogP contribution is -2.57. The molecule has 1 aliphatic heterocycles. The van der Waals surface area contributed by atoms with E-state index >= 15 is 0 Å². The maximum atomic E-state index is 14.7. The summed E-state index contributed by atoms with van der Waals surface area (Å²) in [5.41, 5.74) is 1.43. The zero-order chi connectivity index (χ0) is 34.6. The van der Waals surface area contributed by atoms with Gasteiger partial charge in [0.25, 0.3) is 0 Å². The molecule has 2 aliphatic rings. The molecule has 2 aromatic carbocycles. The molecule has 2 heterocycles. The number of fused-ring (bicyclic) bond motifs is 1. The number of likely N-dealkylation sites (N-methyl/N-ethyl adjacent to an activating group) is 1. The number of aromatic nitrogens is 2. The summed E-state index contributed by atoms with van der Waals surface area (Å²) >= 11 is 6.54. The molecule has 5 rings (SSSR count). The lowest BCUT2D eigenvalue weighted by molar-refractivity contribution is -0.135. The van der Waals surface area contributed by atoms with E-state index in [0.717, 1.165) is 32.1 Å². The summed E-state index contributed by atoms with van der Waals surface area (Å²) in [4.78, 5) is 50.6. The highest BCUT2D eigenvalue weighted by atomic mass is 35.5. The van der Waals surface area contributed by atoms with Crippen LogP contribution in [0, 0.1) is 17.7 Å². The molecule has 1 aromatic heterocycles. The van der Waals surface area contributed by atoms with Gasteiger partial charge in [-0.2, -0.15) is 0 Å². The third kappa shape index (κ3) is 7.32. The number of carbonyl (C=O) groups is 3. The standard InChI is InChI=1S/C36H48ClFN6O4/c1-6-39-33(45)30(22-11-9-12-22)42-34(46)36(4,20-48-5)23-15-16-26-27(19-23)41-32(40-26)31(43-35(47)44-17-7-8-18-44)28(21(2)3)24-13-10-14-25(38)29(24)37/h10,13-16,19,21-22,28,30-31H,6-9,11-12,17-18,20H2,1-5H3,(H,39,45)(H,40,41)(H,42,46)(H,43,47). The number of nitrogens with zero attached hydrogens (tertiary/aromatic N) is 2. The summed E-state index contributed by atoms with van der Waals surface area (Å²) in [7, 11) is 1.54. The van der Waals surface area contributed by atoms with E-state index in [-0.39, 0.29) is 41.3 Å². The van der Waals surface area contributed by atoms with Gasteiger partial charge in [0.1, 0.15) is 17.7 Å². The van der Waals surface area contributed by atoms with E-state index in [1.807, 2.05) is 39.0 Å². The molecule has 3 aromatic rings. The topological polar surface area (TPSA) is 128 Å². The number of likely N-dealkylation sites (tertiary alicyclic amines) is 1. The fourth-order valence-electron chi connectivity index (χ4n) is 7.02. The predicted molar refractivity (Wildman–Crippen MR) is 184 cm³/mol. The van der Waals surface area contributed by atoms with Crippen molar-refractivity contribution < 1.29 is 23.5 Å². The molecule has 48 heavy (non-hydrogen) atoms. The van der Waals surface area contributed by atoms with Crippen LogP contribution in [-0.4, -0.2) is 72.1 Å². The number of benzene rings is 2. The average Bonchev–Trinajstić information content (AvgIpc) is 3.72.